The zero-order chi connectivity index (χ0) is 15.6. The fourth-order valence-corrected chi connectivity index (χ4v) is 5.14. The quantitative estimate of drug-likeness (QED) is 0.782. The first-order chi connectivity index (χ1) is 9.82. The van der Waals surface area contributed by atoms with Gasteiger partial charge in [-0.15, -0.1) is 11.3 Å². The van der Waals surface area contributed by atoms with Crippen molar-refractivity contribution in [3.63, 3.8) is 0 Å². The van der Waals surface area contributed by atoms with Crippen molar-refractivity contribution in [3.05, 3.63) is 15.8 Å². The number of nitrogens with zero attached hydrogens (tertiary/aromatic N) is 1. The molecule has 0 bridgehead atoms. The highest BCUT2D eigenvalue weighted by Gasteiger charge is 2.26. The van der Waals surface area contributed by atoms with Crippen LogP contribution < -0.4 is 0 Å². The Balaban J connectivity index is 2.08. The van der Waals surface area contributed by atoms with Gasteiger partial charge in [-0.1, -0.05) is 0 Å². The highest BCUT2D eigenvalue weighted by molar-refractivity contribution is 8.13. The van der Waals surface area contributed by atoms with Crippen molar-refractivity contribution >= 4 is 37.0 Å². The van der Waals surface area contributed by atoms with Crippen LogP contribution in [0.5, 0.6) is 0 Å². The molecule has 2 heterocycles. The van der Waals surface area contributed by atoms with Gasteiger partial charge in [-0.05, 0) is 31.7 Å². The van der Waals surface area contributed by atoms with E-state index in [1.165, 1.54) is 17.4 Å². The van der Waals surface area contributed by atoms with Crippen molar-refractivity contribution in [1.82, 2.24) is 4.90 Å². The number of ether oxygens (including phenoxy) is 1. The van der Waals surface area contributed by atoms with Crippen LogP contribution >= 0.6 is 22.0 Å². The number of halogens is 1. The molecule has 0 unspecified atom stereocenters. The molecule has 21 heavy (non-hydrogen) atoms. The SMILES string of the molecule is COCC1CCN(C(=O)c2cc(S(=O)(=O)Cl)c(C)s2)CC1. The summed E-state index contributed by atoms with van der Waals surface area (Å²) in [4.78, 5) is 15.2. The van der Waals surface area contributed by atoms with Gasteiger partial charge >= 0.3 is 0 Å². The van der Waals surface area contributed by atoms with Crippen LogP contribution in [-0.2, 0) is 13.8 Å². The van der Waals surface area contributed by atoms with Gasteiger partial charge in [-0.25, -0.2) is 8.42 Å². The van der Waals surface area contributed by atoms with E-state index in [9.17, 15) is 13.2 Å². The Hall–Kier alpha value is -0.630. The van der Waals surface area contributed by atoms with Gasteiger partial charge in [0, 0.05) is 42.4 Å². The van der Waals surface area contributed by atoms with Crippen LogP contribution in [0, 0.1) is 12.8 Å². The van der Waals surface area contributed by atoms with Gasteiger partial charge in [0.1, 0.15) is 0 Å². The molecule has 0 radical (unpaired) electrons. The Bertz CT molecular complexity index is 618. The maximum absolute atomic E-state index is 12.4. The van der Waals surface area contributed by atoms with E-state index >= 15 is 0 Å². The molecule has 5 nitrogen and oxygen atoms in total. The predicted molar refractivity (Wildman–Crippen MR) is 82.6 cm³/mol. The first-order valence-corrected chi connectivity index (χ1v) is 9.79. The maximum Gasteiger partial charge on any atom is 0.263 e. The summed E-state index contributed by atoms with van der Waals surface area (Å²) >= 11 is 1.17. The normalized spacial score (nSPS) is 17.2. The summed E-state index contributed by atoms with van der Waals surface area (Å²) in [5.41, 5.74) is 0. The summed E-state index contributed by atoms with van der Waals surface area (Å²) in [6, 6.07) is 1.38. The first-order valence-electron chi connectivity index (χ1n) is 6.66. The van der Waals surface area contributed by atoms with E-state index in [1.807, 2.05) is 0 Å². The Morgan fingerprint density at radius 2 is 2.10 bits per heavy atom. The number of carbonyl (C=O) groups excluding carboxylic acids is 1. The number of hydrogen-bond acceptors (Lipinski definition) is 5. The lowest BCUT2D eigenvalue weighted by Crippen LogP contribution is -2.39. The average molecular weight is 352 g/mol. The molecular weight excluding hydrogens is 334 g/mol. The first kappa shape index (κ1) is 16.7. The van der Waals surface area contributed by atoms with Crippen molar-refractivity contribution < 1.29 is 17.9 Å². The minimum atomic E-state index is -3.80. The Morgan fingerprint density at radius 1 is 1.48 bits per heavy atom. The largest absolute Gasteiger partial charge is 0.384 e. The minimum Gasteiger partial charge on any atom is -0.384 e. The number of amides is 1. The van der Waals surface area contributed by atoms with Crippen LogP contribution in [-0.4, -0.2) is 46.0 Å². The molecule has 1 aliphatic rings. The smallest absolute Gasteiger partial charge is 0.263 e. The minimum absolute atomic E-state index is 0.0341. The number of carbonyl (C=O) groups is 1. The van der Waals surface area contributed by atoms with Crippen LogP contribution in [0.25, 0.3) is 0 Å². The number of piperidine rings is 1. The molecule has 1 aromatic heterocycles. The van der Waals surface area contributed by atoms with E-state index in [2.05, 4.69) is 0 Å². The van der Waals surface area contributed by atoms with Crippen molar-refractivity contribution in [1.29, 1.82) is 0 Å². The number of rotatable bonds is 4. The lowest BCUT2D eigenvalue weighted by atomic mass is 9.98. The lowest BCUT2D eigenvalue weighted by Gasteiger charge is -2.31. The van der Waals surface area contributed by atoms with Crippen LogP contribution in [0.2, 0.25) is 0 Å². The molecule has 1 saturated heterocycles. The standard InChI is InChI=1S/C13H18ClNO4S2/c1-9-12(21(14,17)18)7-11(20-9)13(16)15-5-3-10(4-6-15)8-19-2/h7,10H,3-6,8H2,1-2H3. The second kappa shape index (κ2) is 6.64. The second-order valence-electron chi connectivity index (χ2n) is 5.16. The Labute approximate surface area is 133 Å². The third kappa shape index (κ3) is 3.97. The van der Waals surface area contributed by atoms with Crippen molar-refractivity contribution in [2.45, 2.75) is 24.7 Å². The fraction of sp³-hybridized carbons (Fsp3) is 0.615. The van der Waals surface area contributed by atoms with Crippen LogP contribution in [0.4, 0.5) is 0 Å². The summed E-state index contributed by atoms with van der Waals surface area (Å²) in [5, 5.41) is 0. The summed E-state index contributed by atoms with van der Waals surface area (Å²) in [6.07, 6.45) is 1.81. The van der Waals surface area contributed by atoms with Gasteiger partial charge in [0.15, 0.2) is 0 Å². The zero-order valence-corrected chi connectivity index (χ0v) is 14.4. The molecule has 0 aliphatic carbocycles. The summed E-state index contributed by atoms with van der Waals surface area (Å²) in [6.45, 7) is 3.72. The molecule has 0 atom stereocenters. The zero-order valence-electron chi connectivity index (χ0n) is 12.0. The second-order valence-corrected chi connectivity index (χ2v) is 8.95. The van der Waals surface area contributed by atoms with E-state index in [4.69, 9.17) is 15.4 Å². The summed E-state index contributed by atoms with van der Waals surface area (Å²) in [5.74, 6) is 0.369. The third-order valence-corrected chi connectivity index (χ3v) is 6.27. The highest BCUT2D eigenvalue weighted by Crippen LogP contribution is 2.30. The molecule has 0 spiro atoms. The van der Waals surface area contributed by atoms with Gasteiger partial charge < -0.3 is 9.64 Å². The number of aryl methyl sites for hydroxylation is 1. The molecule has 1 aliphatic heterocycles. The molecule has 1 aromatic rings. The van der Waals surface area contributed by atoms with Crippen molar-refractivity contribution in [2.75, 3.05) is 26.8 Å². The van der Waals surface area contributed by atoms with Crippen LogP contribution in [0.15, 0.2) is 11.0 Å². The predicted octanol–water partition coefficient (Wildman–Crippen LogP) is 2.48. The van der Waals surface area contributed by atoms with E-state index in [0.717, 1.165) is 19.4 Å². The molecule has 2 rings (SSSR count). The molecule has 1 fully saturated rings. The van der Waals surface area contributed by atoms with Crippen LogP contribution in [0.1, 0.15) is 27.4 Å². The van der Waals surface area contributed by atoms with Gasteiger partial charge in [-0.2, -0.15) is 0 Å². The maximum atomic E-state index is 12.4. The number of methoxy groups -OCH3 is 1. The number of hydrogen-bond donors (Lipinski definition) is 0. The number of likely N-dealkylation sites (tertiary alicyclic amines) is 1. The van der Waals surface area contributed by atoms with E-state index < -0.39 is 9.05 Å². The Kier molecular flexibility index (Phi) is 5.29. The highest BCUT2D eigenvalue weighted by atomic mass is 35.7. The van der Waals surface area contributed by atoms with Gasteiger partial charge in [0.2, 0.25) is 0 Å². The number of thiophene rings is 1. The van der Waals surface area contributed by atoms with Crippen molar-refractivity contribution in [3.8, 4) is 0 Å². The topological polar surface area (TPSA) is 63.7 Å². The molecular formula is C13H18ClNO4S2. The Morgan fingerprint density at radius 3 is 2.57 bits per heavy atom. The van der Waals surface area contributed by atoms with E-state index in [-0.39, 0.29) is 10.8 Å². The van der Waals surface area contributed by atoms with E-state index in [0.29, 0.717) is 28.8 Å². The third-order valence-electron chi connectivity index (χ3n) is 3.65. The lowest BCUT2D eigenvalue weighted by molar-refractivity contribution is 0.0618. The molecule has 0 saturated carbocycles. The monoisotopic (exact) mass is 351 g/mol. The molecule has 0 N–H and O–H groups in total. The summed E-state index contributed by atoms with van der Waals surface area (Å²) < 4.78 is 28.0. The molecule has 0 aromatic carbocycles. The van der Waals surface area contributed by atoms with Gasteiger partial charge in [0.25, 0.3) is 15.0 Å². The fourth-order valence-electron chi connectivity index (χ4n) is 2.51. The van der Waals surface area contributed by atoms with Gasteiger partial charge in [0.05, 0.1) is 9.77 Å². The summed E-state index contributed by atoms with van der Waals surface area (Å²) in [7, 11) is 3.24. The van der Waals surface area contributed by atoms with Crippen molar-refractivity contribution in [2.24, 2.45) is 5.92 Å². The average Bonchev–Trinajstić information content (AvgIpc) is 2.81. The molecule has 118 valence electrons. The van der Waals surface area contributed by atoms with Gasteiger partial charge in [-0.3, -0.25) is 4.79 Å². The molecule has 8 heteroatoms. The van der Waals surface area contributed by atoms with E-state index in [1.54, 1.807) is 18.9 Å². The van der Waals surface area contributed by atoms with Crippen LogP contribution in [0.3, 0.4) is 0 Å². The molecule has 1 amide bonds.